The fraction of sp³-hybridized carbons (Fsp3) is 0.905. The largest absolute Gasteiger partial charge is 0.350 e. The normalized spacial score (nSPS) is 32.2. The molecule has 1 saturated heterocycles. The lowest BCUT2D eigenvalue weighted by atomic mass is 9.53. The maximum atomic E-state index is 12.7. The Morgan fingerprint density at radius 3 is 1.88 bits per heavy atom. The van der Waals surface area contributed by atoms with Gasteiger partial charge in [-0.25, -0.2) is 0 Å². The third-order valence-corrected chi connectivity index (χ3v) is 7.23. The Morgan fingerprint density at radius 1 is 1.00 bits per heavy atom. The van der Waals surface area contributed by atoms with Crippen LogP contribution < -0.4 is 5.32 Å². The second kappa shape index (κ2) is 8.09. The number of carbonyl (C=O) groups excluding carboxylic acids is 2. The summed E-state index contributed by atoms with van der Waals surface area (Å²) in [5.74, 6) is 1.23. The zero-order valence-corrected chi connectivity index (χ0v) is 17.0. The zero-order valence-electron chi connectivity index (χ0n) is 17.0. The molecule has 0 aromatic rings. The first-order valence-corrected chi connectivity index (χ1v) is 10.4. The zero-order chi connectivity index (χ0) is 18.7. The van der Waals surface area contributed by atoms with Gasteiger partial charge in [-0.05, 0) is 62.7 Å². The highest BCUT2D eigenvalue weighted by molar-refractivity contribution is 5.80. The van der Waals surface area contributed by atoms with Crippen molar-refractivity contribution in [2.45, 2.75) is 91.5 Å². The van der Waals surface area contributed by atoms with Gasteiger partial charge in [0.15, 0.2) is 0 Å². The summed E-state index contributed by atoms with van der Waals surface area (Å²) in [4.78, 5) is 26.0. The van der Waals surface area contributed by atoms with E-state index in [1.54, 1.807) is 6.92 Å². The fourth-order valence-electron chi connectivity index (χ4n) is 5.09. The molecule has 25 heavy (non-hydrogen) atoms. The van der Waals surface area contributed by atoms with E-state index in [9.17, 15) is 9.59 Å². The van der Waals surface area contributed by atoms with Crippen molar-refractivity contribution in [3.05, 3.63) is 0 Å². The molecule has 2 bridgehead atoms. The number of amides is 2. The van der Waals surface area contributed by atoms with Gasteiger partial charge in [0.05, 0.1) is 0 Å². The van der Waals surface area contributed by atoms with Crippen LogP contribution in [-0.2, 0) is 9.59 Å². The van der Waals surface area contributed by atoms with Gasteiger partial charge in [-0.15, -0.1) is 0 Å². The summed E-state index contributed by atoms with van der Waals surface area (Å²) in [7, 11) is 0. The highest BCUT2D eigenvalue weighted by Gasteiger charge is 2.50. The molecule has 1 heterocycles. The van der Waals surface area contributed by atoms with Crippen molar-refractivity contribution in [1.82, 2.24) is 10.2 Å². The Kier molecular flexibility index (Phi) is 6.56. The number of piperidine rings is 1. The van der Waals surface area contributed by atoms with Crippen molar-refractivity contribution < 1.29 is 11.0 Å². The molecule has 4 aliphatic rings. The van der Waals surface area contributed by atoms with E-state index in [0.717, 1.165) is 51.1 Å². The Balaban J connectivity index is 0.00000109. The molecule has 1 aliphatic heterocycles. The number of hydrogen-bond donors (Lipinski definition) is 1. The molecule has 0 radical (unpaired) electrons. The van der Waals surface area contributed by atoms with E-state index in [0.29, 0.717) is 5.41 Å². The van der Waals surface area contributed by atoms with Crippen LogP contribution in [0.3, 0.4) is 0 Å². The molecule has 3 aliphatic carbocycles. The van der Waals surface area contributed by atoms with Crippen molar-refractivity contribution in [3.63, 3.8) is 0 Å². The van der Waals surface area contributed by atoms with Crippen molar-refractivity contribution in [2.24, 2.45) is 17.3 Å². The number of fused-ring (bicyclic) bond motifs is 3. The van der Waals surface area contributed by atoms with Crippen LogP contribution in [-0.4, -0.2) is 35.3 Å². The highest BCUT2D eigenvalue weighted by Crippen LogP contribution is 2.55. The van der Waals surface area contributed by atoms with Crippen molar-refractivity contribution in [3.8, 4) is 0 Å². The molecular formula is C21H40N2O2. The molecule has 1 N–H and O–H groups in total. The van der Waals surface area contributed by atoms with Gasteiger partial charge in [-0.3, -0.25) is 9.59 Å². The van der Waals surface area contributed by atoms with E-state index in [2.05, 4.69) is 19.2 Å². The summed E-state index contributed by atoms with van der Waals surface area (Å²) in [6.07, 6.45) is 8.92. The number of rotatable bonds is 3. The number of nitrogens with zero attached hydrogens (tertiary/aromatic N) is 1. The van der Waals surface area contributed by atoms with E-state index >= 15 is 0 Å². The van der Waals surface area contributed by atoms with Crippen LogP contribution >= 0.6 is 0 Å². The van der Waals surface area contributed by atoms with Crippen LogP contribution in [0.4, 0.5) is 0 Å². The minimum absolute atomic E-state index is 0. The van der Waals surface area contributed by atoms with E-state index in [-0.39, 0.29) is 24.7 Å². The van der Waals surface area contributed by atoms with Crippen molar-refractivity contribution >= 4 is 11.8 Å². The predicted molar refractivity (Wildman–Crippen MR) is 104 cm³/mol. The standard InChI is InChI=1S/C19H32N2O2.C2H6.H2/c1-14(2)18-6-9-19(10-7-18,11-8-18)20-17(23)16-4-12-21(13-5-16)15(3)22;1-2;/h14,16H,4-13H2,1-3H3,(H,20,23);1-2H3;1H. The van der Waals surface area contributed by atoms with Crippen LogP contribution in [0.25, 0.3) is 0 Å². The molecule has 0 aromatic heterocycles. The molecule has 146 valence electrons. The third kappa shape index (κ3) is 4.20. The summed E-state index contributed by atoms with van der Waals surface area (Å²) >= 11 is 0. The van der Waals surface area contributed by atoms with Gasteiger partial charge >= 0.3 is 0 Å². The fourth-order valence-corrected chi connectivity index (χ4v) is 5.09. The van der Waals surface area contributed by atoms with Gasteiger partial charge in [0.1, 0.15) is 0 Å². The maximum Gasteiger partial charge on any atom is 0.223 e. The summed E-state index contributed by atoms with van der Waals surface area (Å²) in [5.41, 5.74) is 0.616. The lowest BCUT2D eigenvalue weighted by molar-refractivity contribution is -0.136. The summed E-state index contributed by atoms with van der Waals surface area (Å²) in [6, 6.07) is 0. The number of hydrogen-bond acceptors (Lipinski definition) is 2. The lowest BCUT2D eigenvalue weighted by Crippen LogP contribution is -2.59. The second-order valence-corrected chi connectivity index (χ2v) is 8.57. The Morgan fingerprint density at radius 2 is 1.48 bits per heavy atom. The SMILES string of the molecule is CC.CC(=O)N1CCC(C(=O)NC23CCC(C(C)C)(CC2)CC3)CC1.[HH]. The molecule has 0 aromatic carbocycles. The quantitative estimate of drug-likeness (QED) is 0.819. The molecular weight excluding hydrogens is 312 g/mol. The Hall–Kier alpha value is -1.06. The molecule has 4 rings (SSSR count). The van der Waals surface area contributed by atoms with Gasteiger partial charge in [0.2, 0.25) is 11.8 Å². The Bertz CT molecular complexity index is 460. The van der Waals surface area contributed by atoms with Crippen LogP contribution in [0, 0.1) is 17.3 Å². The van der Waals surface area contributed by atoms with Crippen molar-refractivity contribution in [2.75, 3.05) is 13.1 Å². The molecule has 4 fully saturated rings. The minimum atomic E-state index is 0. The second-order valence-electron chi connectivity index (χ2n) is 8.57. The average Bonchev–Trinajstić information content (AvgIpc) is 2.64. The van der Waals surface area contributed by atoms with Crippen LogP contribution in [0.1, 0.15) is 87.4 Å². The smallest absolute Gasteiger partial charge is 0.223 e. The molecule has 0 atom stereocenters. The first-order chi connectivity index (χ1) is 11.9. The van der Waals surface area contributed by atoms with Crippen molar-refractivity contribution in [1.29, 1.82) is 0 Å². The van der Waals surface area contributed by atoms with E-state index in [1.807, 2.05) is 18.7 Å². The van der Waals surface area contributed by atoms with E-state index in [1.165, 1.54) is 19.3 Å². The maximum absolute atomic E-state index is 12.7. The molecule has 3 saturated carbocycles. The topological polar surface area (TPSA) is 49.4 Å². The van der Waals surface area contributed by atoms with Gasteiger partial charge in [-0.1, -0.05) is 27.7 Å². The van der Waals surface area contributed by atoms with Crippen LogP contribution in [0.2, 0.25) is 0 Å². The molecule has 4 nitrogen and oxygen atoms in total. The van der Waals surface area contributed by atoms with Gasteiger partial charge in [-0.2, -0.15) is 0 Å². The van der Waals surface area contributed by atoms with Gasteiger partial charge in [0, 0.05) is 32.9 Å². The Labute approximate surface area is 155 Å². The molecule has 2 amide bonds. The molecule has 4 heteroatoms. The predicted octanol–water partition coefficient (Wildman–Crippen LogP) is 4.38. The van der Waals surface area contributed by atoms with Crippen LogP contribution in [0.5, 0.6) is 0 Å². The van der Waals surface area contributed by atoms with E-state index < -0.39 is 0 Å². The highest BCUT2D eigenvalue weighted by atomic mass is 16.2. The van der Waals surface area contributed by atoms with Crippen LogP contribution in [0.15, 0.2) is 0 Å². The van der Waals surface area contributed by atoms with E-state index in [4.69, 9.17) is 0 Å². The molecule has 0 unspecified atom stereocenters. The third-order valence-electron chi connectivity index (χ3n) is 7.23. The van der Waals surface area contributed by atoms with Gasteiger partial charge in [0.25, 0.3) is 0 Å². The summed E-state index contributed by atoms with van der Waals surface area (Å²) in [5, 5.41) is 3.45. The number of nitrogens with one attached hydrogen (secondary N) is 1. The molecule has 0 spiro atoms. The number of carbonyl (C=O) groups is 2. The lowest BCUT2D eigenvalue weighted by Gasteiger charge is -2.56. The summed E-state index contributed by atoms with van der Waals surface area (Å²) in [6.45, 7) is 11.8. The summed E-state index contributed by atoms with van der Waals surface area (Å²) < 4.78 is 0. The number of likely N-dealkylation sites (tertiary alicyclic amines) is 1. The van der Waals surface area contributed by atoms with Gasteiger partial charge < -0.3 is 10.2 Å². The first-order valence-electron chi connectivity index (χ1n) is 10.4. The monoisotopic (exact) mass is 352 g/mol. The average molecular weight is 353 g/mol. The first kappa shape index (κ1) is 20.3. The minimum Gasteiger partial charge on any atom is -0.350 e.